The SMILES string of the molecule is CN1C(=O)[C@H](NC(=O)C(C)(C)NC(=O)c2ccc(F)cc2)CC2=C1C(F)=C(F)CN2c1cc(Cl)cc(Cl)c1. The topological polar surface area (TPSA) is 81.8 Å². The van der Waals surface area contributed by atoms with Crippen molar-refractivity contribution in [1.82, 2.24) is 15.5 Å². The summed E-state index contributed by atoms with van der Waals surface area (Å²) < 4.78 is 42.7. The molecule has 1 atom stereocenters. The first-order valence-electron chi connectivity index (χ1n) is 11.5. The van der Waals surface area contributed by atoms with Gasteiger partial charge in [0.05, 0.1) is 6.54 Å². The van der Waals surface area contributed by atoms with Crippen LogP contribution in [-0.2, 0) is 9.59 Å². The summed E-state index contributed by atoms with van der Waals surface area (Å²) in [6.07, 6.45) is -0.170. The van der Waals surface area contributed by atoms with E-state index in [1.807, 2.05) is 0 Å². The first kappa shape index (κ1) is 27.5. The molecule has 0 aliphatic carbocycles. The van der Waals surface area contributed by atoms with Gasteiger partial charge in [-0.1, -0.05) is 23.2 Å². The lowest BCUT2D eigenvalue weighted by molar-refractivity contribution is -0.136. The number of benzene rings is 2. The third-order valence-corrected chi connectivity index (χ3v) is 6.70. The van der Waals surface area contributed by atoms with Crippen molar-refractivity contribution in [1.29, 1.82) is 0 Å². The predicted molar refractivity (Wildman–Crippen MR) is 137 cm³/mol. The van der Waals surface area contributed by atoms with Crippen molar-refractivity contribution in [2.75, 3.05) is 18.5 Å². The molecule has 7 nitrogen and oxygen atoms in total. The van der Waals surface area contributed by atoms with Gasteiger partial charge in [0, 0.05) is 40.5 Å². The van der Waals surface area contributed by atoms with E-state index < -0.39 is 53.3 Å². The molecule has 200 valence electrons. The highest BCUT2D eigenvalue weighted by molar-refractivity contribution is 6.35. The molecule has 0 saturated carbocycles. The summed E-state index contributed by atoms with van der Waals surface area (Å²) >= 11 is 12.2. The molecule has 0 unspecified atom stereocenters. The number of allylic oxidation sites excluding steroid dienone is 1. The molecule has 4 rings (SSSR count). The lowest BCUT2D eigenvalue weighted by Crippen LogP contribution is -2.60. The zero-order chi connectivity index (χ0) is 27.9. The fraction of sp³-hybridized carbons (Fsp3) is 0.269. The molecule has 2 aromatic rings. The van der Waals surface area contributed by atoms with Gasteiger partial charge < -0.3 is 20.4 Å². The normalized spacial score (nSPS) is 18.0. The molecule has 0 bridgehead atoms. The Kier molecular flexibility index (Phi) is 7.49. The van der Waals surface area contributed by atoms with Gasteiger partial charge in [-0.05, 0) is 56.3 Å². The van der Waals surface area contributed by atoms with E-state index in [0.29, 0.717) is 5.69 Å². The summed E-state index contributed by atoms with van der Waals surface area (Å²) in [5.74, 6) is -4.76. The lowest BCUT2D eigenvalue weighted by atomic mass is 9.96. The van der Waals surface area contributed by atoms with Crippen LogP contribution in [-0.4, -0.2) is 47.8 Å². The second-order valence-corrected chi connectivity index (χ2v) is 10.3. The van der Waals surface area contributed by atoms with Crippen LogP contribution >= 0.6 is 23.2 Å². The average molecular weight is 567 g/mol. The third-order valence-electron chi connectivity index (χ3n) is 6.27. The van der Waals surface area contributed by atoms with Crippen molar-refractivity contribution < 1.29 is 27.6 Å². The largest absolute Gasteiger partial charge is 0.342 e. The van der Waals surface area contributed by atoms with E-state index in [9.17, 15) is 27.6 Å². The van der Waals surface area contributed by atoms with Gasteiger partial charge in [-0.15, -0.1) is 0 Å². The van der Waals surface area contributed by atoms with Crippen LogP contribution in [0.3, 0.4) is 0 Å². The van der Waals surface area contributed by atoms with Crippen LogP contribution in [0.15, 0.2) is 65.5 Å². The van der Waals surface area contributed by atoms with Crippen molar-refractivity contribution >= 4 is 46.6 Å². The van der Waals surface area contributed by atoms with E-state index in [-0.39, 0.29) is 33.4 Å². The van der Waals surface area contributed by atoms with Gasteiger partial charge in [-0.3, -0.25) is 14.4 Å². The third kappa shape index (κ3) is 5.37. The number of halogens is 5. The van der Waals surface area contributed by atoms with Gasteiger partial charge in [-0.25, -0.2) is 13.2 Å². The molecule has 2 aromatic carbocycles. The molecule has 3 amide bonds. The number of likely N-dealkylation sites (N-methyl/N-ethyl adjacent to an activating group) is 1. The summed E-state index contributed by atoms with van der Waals surface area (Å²) in [6, 6.07) is 8.15. The summed E-state index contributed by atoms with van der Waals surface area (Å²) in [7, 11) is 1.28. The van der Waals surface area contributed by atoms with Gasteiger partial charge in [-0.2, -0.15) is 0 Å². The van der Waals surface area contributed by atoms with Crippen molar-refractivity contribution in [3.8, 4) is 0 Å². The Bertz CT molecular complexity index is 1370. The smallest absolute Gasteiger partial charge is 0.252 e. The van der Waals surface area contributed by atoms with Crippen molar-refractivity contribution in [3.63, 3.8) is 0 Å². The fourth-order valence-corrected chi connectivity index (χ4v) is 4.78. The quantitative estimate of drug-likeness (QED) is 0.541. The molecule has 0 spiro atoms. The summed E-state index contributed by atoms with van der Waals surface area (Å²) in [4.78, 5) is 41.2. The average Bonchev–Trinajstić information content (AvgIpc) is 2.83. The Morgan fingerprint density at radius 1 is 1.03 bits per heavy atom. The Morgan fingerprint density at radius 3 is 2.24 bits per heavy atom. The van der Waals surface area contributed by atoms with Gasteiger partial charge in [0.1, 0.15) is 23.1 Å². The minimum atomic E-state index is -1.48. The number of carbonyl (C=O) groups excluding carboxylic acids is 3. The monoisotopic (exact) mass is 566 g/mol. The highest BCUT2D eigenvalue weighted by atomic mass is 35.5. The van der Waals surface area contributed by atoms with Crippen molar-refractivity contribution in [3.05, 3.63) is 86.9 Å². The molecule has 2 aliphatic rings. The zero-order valence-corrected chi connectivity index (χ0v) is 22.1. The van der Waals surface area contributed by atoms with Crippen LogP contribution in [0.25, 0.3) is 0 Å². The van der Waals surface area contributed by atoms with Crippen LogP contribution in [0.5, 0.6) is 0 Å². The number of rotatable bonds is 5. The van der Waals surface area contributed by atoms with Crippen LogP contribution < -0.4 is 15.5 Å². The second kappa shape index (κ2) is 10.3. The summed E-state index contributed by atoms with van der Waals surface area (Å²) in [5, 5.41) is 5.71. The standard InChI is InChI=1S/C26H23Cl2F3N4O3/c1-26(2,33-23(36)13-4-6-16(29)7-5-13)25(38)32-19-11-20-22(34(3)24(19)37)21(31)18(30)12-35(20)17-9-14(27)8-15(28)10-17/h4-10,19H,11-12H2,1-3H3,(H,32,38)(H,33,36)/t19-/m1/s1. The predicted octanol–water partition coefficient (Wildman–Crippen LogP) is 4.87. The number of amides is 3. The van der Waals surface area contributed by atoms with Crippen LogP contribution in [0, 0.1) is 5.82 Å². The Hall–Kier alpha value is -3.50. The number of hydrogen-bond donors (Lipinski definition) is 2. The van der Waals surface area contributed by atoms with Crippen molar-refractivity contribution in [2.45, 2.75) is 31.8 Å². The molecule has 0 fully saturated rings. The van der Waals surface area contributed by atoms with Crippen molar-refractivity contribution in [2.24, 2.45) is 0 Å². The molecule has 2 aliphatic heterocycles. The Balaban J connectivity index is 1.59. The first-order valence-corrected chi connectivity index (χ1v) is 12.2. The molecule has 38 heavy (non-hydrogen) atoms. The molecule has 12 heteroatoms. The van der Waals surface area contributed by atoms with Crippen LogP contribution in [0.4, 0.5) is 18.9 Å². The Morgan fingerprint density at radius 2 is 1.63 bits per heavy atom. The maximum absolute atomic E-state index is 14.9. The minimum Gasteiger partial charge on any atom is -0.342 e. The fourth-order valence-electron chi connectivity index (χ4n) is 4.27. The van der Waals surface area contributed by atoms with E-state index in [0.717, 1.165) is 17.0 Å². The molecular formula is C26H23Cl2F3N4O3. The van der Waals surface area contributed by atoms with Crippen LogP contribution in [0.2, 0.25) is 10.0 Å². The number of anilines is 1. The first-order chi connectivity index (χ1) is 17.8. The maximum Gasteiger partial charge on any atom is 0.252 e. The minimum absolute atomic E-state index is 0.137. The number of nitrogens with one attached hydrogen (secondary N) is 2. The second-order valence-electron chi connectivity index (χ2n) is 9.44. The Labute approximate surface area is 226 Å². The van der Waals surface area contributed by atoms with E-state index >= 15 is 0 Å². The molecule has 2 heterocycles. The molecule has 0 saturated heterocycles. The van der Waals surface area contributed by atoms with Gasteiger partial charge in [0.15, 0.2) is 11.7 Å². The van der Waals surface area contributed by atoms with E-state index in [4.69, 9.17) is 23.2 Å². The van der Waals surface area contributed by atoms with Gasteiger partial charge in [0.2, 0.25) is 11.8 Å². The maximum atomic E-state index is 14.9. The number of hydrogen-bond acceptors (Lipinski definition) is 4. The van der Waals surface area contributed by atoms with E-state index in [1.165, 1.54) is 56.1 Å². The summed E-state index contributed by atoms with van der Waals surface area (Å²) in [5.41, 5.74) is -0.995. The molecule has 2 N–H and O–H groups in total. The lowest BCUT2D eigenvalue weighted by Gasteiger charge is -2.41. The number of nitrogens with zero attached hydrogens (tertiary/aromatic N) is 2. The van der Waals surface area contributed by atoms with E-state index in [2.05, 4.69) is 10.6 Å². The molecule has 0 aromatic heterocycles. The highest BCUT2D eigenvalue weighted by Crippen LogP contribution is 2.40. The molecule has 0 radical (unpaired) electrons. The van der Waals surface area contributed by atoms with E-state index in [1.54, 1.807) is 0 Å². The number of carbonyl (C=O) groups is 3. The van der Waals surface area contributed by atoms with Gasteiger partial charge in [0.25, 0.3) is 5.91 Å². The molecular weight excluding hydrogens is 544 g/mol. The van der Waals surface area contributed by atoms with Crippen LogP contribution in [0.1, 0.15) is 30.6 Å². The highest BCUT2D eigenvalue weighted by Gasteiger charge is 2.43. The summed E-state index contributed by atoms with van der Waals surface area (Å²) in [6.45, 7) is 2.40. The zero-order valence-electron chi connectivity index (χ0n) is 20.5. The van der Waals surface area contributed by atoms with Gasteiger partial charge >= 0.3 is 0 Å².